The van der Waals surface area contributed by atoms with Crippen molar-refractivity contribution in [1.82, 2.24) is 4.72 Å². The van der Waals surface area contributed by atoms with Crippen LogP contribution in [0.2, 0.25) is 5.02 Å². The molecule has 1 N–H and O–H groups in total. The van der Waals surface area contributed by atoms with Crippen LogP contribution in [0.3, 0.4) is 0 Å². The fourth-order valence-corrected chi connectivity index (χ4v) is 4.23. The van der Waals surface area contributed by atoms with Crippen molar-refractivity contribution in [2.24, 2.45) is 0 Å². The second-order valence-corrected chi connectivity index (χ2v) is 7.75. The zero-order valence-electron chi connectivity index (χ0n) is 13.2. The molecule has 0 spiro atoms. The third-order valence-electron chi connectivity index (χ3n) is 3.73. The minimum Gasteiger partial charge on any atom is -0.486 e. The van der Waals surface area contributed by atoms with Crippen LogP contribution in [-0.4, -0.2) is 21.6 Å². The normalized spacial score (nSPS) is 15.1. The summed E-state index contributed by atoms with van der Waals surface area (Å²) in [6.07, 6.45) is 0. The van der Waals surface area contributed by atoms with Gasteiger partial charge < -0.3 is 9.47 Å². The Labute approximate surface area is 146 Å². The number of ether oxygens (including phenoxy) is 2. The summed E-state index contributed by atoms with van der Waals surface area (Å²) in [6, 6.07) is 11.9. The molecule has 0 amide bonds. The molecule has 0 saturated carbocycles. The van der Waals surface area contributed by atoms with Gasteiger partial charge in [-0.1, -0.05) is 35.9 Å². The van der Waals surface area contributed by atoms with Crippen LogP contribution in [0.5, 0.6) is 11.5 Å². The van der Waals surface area contributed by atoms with Crippen molar-refractivity contribution in [2.75, 3.05) is 13.2 Å². The first-order chi connectivity index (χ1) is 11.4. The maximum absolute atomic E-state index is 12.4. The van der Waals surface area contributed by atoms with Crippen LogP contribution in [0.15, 0.2) is 42.5 Å². The first-order valence-electron chi connectivity index (χ1n) is 7.57. The van der Waals surface area contributed by atoms with Crippen molar-refractivity contribution in [1.29, 1.82) is 0 Å². The van der Waals surface area contributed by atoms with E-state index in [9.17, 15) is 8.42 Å². The zero-order chi connectivity index (χ0) is 17.2. The molecular weight excluding hydrogens is 350 g/mol. The summed E-state index contributed by atoms with van der Waals surface area (Å²) >= 11 is 6.04. The molecule has 2 aromatic carbocycles. The van der Waals surface area contributed by atoms with E-state index >= 15 is 0 Å². The predicted octanol–water partition coefficient (Wildman–Crippen LogP) is 3.29. The Hall–Kier alpha value is -1.76. The molecular formula is C17H18ClNO4S. The second kappa shape index (κ2) is 7.01. The van der Waals surface area contributed by atoms with Crippen LogP contribution in [-0.2, 0) is 15.8 Å². The van der Waals surface area contributed by atoms with E-state index in [0.717, 1.165) is 5.56 Å². The van der Waals surface area contributed by atoms with Gasteiger partial charge in [-0.2, -0.15) is 0 Å². The molecule has 1 aliphatic rings. The molecule has 1 atom stereocenters. The zero-order valence-corrected chi connectivity index (χ0v) is 14.7. The Morgan fingerprint density at radius 3 is 2.58 bits per heavy atom. The Bertz CT molecular complexity index is 838. The van der Waals surface area contributed by atoms with E-state index in [-0.39, 0.29) is 5.75 Å². The maximum atomic E-state index is 12.4. The number of sulfonamides is 1. The van der Waals surface area contributed by atoms with Gasteiger partial charge in [-0.25, -0.2) is 13.1 Å². The van der Waals surface area contributed by atoms with E-state index in [1.165, 1.54) is 0 Å². The molecule has 1 unspecified atom stereocenters. The average molecular weight is 368 g/mol. The first-order valence-corrected chi connectivity index (χ1v) is 9.60. The Kier molecular flexibility index (Phi) is 4.99. The summed E-state index contributed by atoms with van der Waals surface area (Å²) < 4.78 is 38.5. The van der Waals surface area contributed by atoms with Gasteiger partial charge in [0.2, 0.25) is 10.0 Å². The number of nitrogens with one attached hydrogen (secondary N) is 1. The third kappa shape index (κ3) is 4.01. The summed E-state index contributed by atoms with van der Waals surface area (Å²) in [5.41, 5.74) is 1.38. The van der Waals surface area contributed by atoms with Crippen LogP contribution >= 0.6 is 11.6 Å². The molecule has 1 aliphatic heterocycles. The third-order valence-corrected chi connectivity index (χ3v) is 5.50. The molecule has 5 nitrogen and oxygen atoms in total. The molecule has 0 bridgehead atoms. The van der Waals surface area contributed by atoms with Crippen LogP contribution in [0, 0.1) is 0 Å². The summed E-state index contributed by atoms with van der Waals surface area (Å²) in [5.74, 6) is 1.15. The maximum Gasteiger partial charge on any atom is 0.216 e. The quantitative estimate of drug-likeness (QED) is 0.880. The smallest absolute Gasteiger partial charge is 0.216 e. The monoisotopic (exact) mass is 367 g/mol. The number of benzene rings is 2. The minimum absolute atomic E-state index is 0.165. The lowest BCUT2D eigenvalue weighted by Crippen LogP contribution is -2.28. The van der Waals surface area contributed by atoms with Crippen LogP contribution in [0.4, 0.5) is 0 Å². The first kappa shape index (κ1) is 17.1. The highest BCUT2D eigenvalue weighted by Crippen LogP contribution is 2.32. The van der Waals surface area contributed by atoms with Gasteiger partial charge in [0.05, 0.1) is 5.75 Å². The van der Waals surface area contributed by atoms with Gasteiger partial charge in [-0.3, -0.25) is 0 Å². The van der Waals surface area contributed by atoms with Crippen molar-refractivity contribution in [2.45, 2.75) is 18.7 Å². The van der Waals surface area contributed by atoms with Crippen LogP contribution in [0.1, 0.15) is 24.1 Å². The molecule has 3 rings (SSSR count). The summed E-state index contributed by atoms with van der Waals surface area (Å²) in [7, 11) is -3.53. The highest BCUT2D eigenvalue weighted by atomic mass is 35.5. The second-order valence-electron chi connectivity index (χ2n) is 5.59. The predicted molar refractivity (Wildman–Crippen MR) is 93.1 cm³/mol. The van der Waals surface area contributed by atoms with Gasteiger partial charge in [0.25, 0.3) is 0 Å². The molecule has 0 aliphatic carbocycles. The van der Waals surface area contributed by atoms with Gasteiger partial charge in [0.1, 0.15) is 13.2 Å². The van der Waals surface area contributed by atoms with E-state index < -0.39 is 16.1 Å². The molecule has 24 heavy (non-hydrogen) atoms. The number of rotatable bonds is 5. The standard InChI is InChI=1S/C17H18ClNO4S/c1-12(13-6-7-16-17(10-13)23-9-8-22-16)19-24(20,21)11-14-4-2-3-5-15(14)18/h2-7,10,12,19H,8-9,11H2,1H3. The van der Waals surface area contributed by atoms with E-state index in [4.69, 9.17) is 21.1 Å². The summed E-state index contributed by atoms with van der Waals surface area (Å²) in [5, 5.41) is 0.440. The lowest BCUT2D eigenvalue weighted by atomic mass is 10.1. The molecule has 0 aromatic heterocycles. The van der Waals surface area contributed by atoms with Crippen LogP contribution < -0.4 is 14.2 Å². The molecule has 7 heteroatoms. The van der Waals surface area contributed by atoms with Crippen LogP contribution in [0.25, 0.3) is 0 Å². The summed E-state index contributed by atoms with van der Waals surface area (Å²) in [4.78, 5) is 0. The summed E-state index contributed by atoms with van der Waals surface area (Å²) in [6.45, 7) is 2.80. The van der Waals surface area contributed by atoms with E-state index in [2.05, 4.69) is 4.72 Å². The van der Waals surface area contributed by atoms with Gasteiger partial charge in [0, 0.05) is 11.1 Å². The highest BCUT2D eigenvalue weighted by Gasteiger charge is 2.20. The number of hydrogen-bond donors (Lipinski definition) is 1. The SMILES string of the molecule is CC(NS(=O)(=O)Cc1ccccc1Cl)c1ccc2c(c1)OCCO2. The van der Waals surface area contributed by atoms with Gasteiger partial charge in [-0.05, 0) is 36.2 Å². The molecule has 0 saturated heterocycles. The number of hydrogen-bond acceptors (Lipinski definition) is 4. The van der Waals surface area contributed by atoms with Crippen molar-refractivity contribution < 1.29 is 17.9 Å². The van der Waals surface area contributed by atoms with E-state index in [1.54, 1.807) is 43.3 Å². The number of halogens is 1. The van der Waals surface area contributed by atoms with Gasteiger partial charge in [0.15, 0.2) is 11.5 Å². The minimum atomic E-state index is -3.53. The topological polar surface area (TPSA) is 64.6 Å². The van der Waals surface area contributed by atoms with Gasteiger partial charge >= 0.3 is 0 Å². The number of fused-ring (bicyclic) bond motifs is 1. The van der Waals surface area contributed by atoms with E-state index in [1.807, 2.05) is 6.07 Å². The van der Waals surface area contributed by atoms with E-state index in [0.29, 0.717) is 35.3 Å². The highest BCUT2D eigenvalue weighted by molar-refractivity contribution is 7.88. The molecule has 2 aromatic rings. The lowest BCUT2D eigenvalue weighted by Gasteiger charge is -2.21. The lowest BCUT2D eigenvalue weighted by molar-refractivity contribution is 0.171. The largest absolute Gasteiger partial charge is 0.486 e. The molecule has 0 radical (unpaired) electrons. The fourth-order valence-electron chi connectivity index (χ4n) is 2.53. The Morgan fingerprint density at radius 2 is 1.83 bits per heavy atom. The molecule has 1 heterocycles. The average Bonchev–Trinajstić information content (AvgIpc) is 2.56. The fraction of sp³-hybridized carbons (Fsp3) is 0.294. The van der Waals surface area contributed by atoms with Crippen molar-refractivity contribution >= 4 is 21.6 Å². The van der Waals surface area contributed by atoms with Crippen molar-refractivity contribution in [3.63, 3.8) is 0 Å². The molecule has 128 valence electrons. The molecule has 0 fully saturated rings. The van der Waals surface area contributed by atoms with Gasteiger partial charge in [-0.15, -0.1) is 0 Å². The van der Waals surface area contributed by atoms with Crippen molar-refractivity contribution in [3.05, 3.63) is 58.6 Å². The van der Waals surface area contributed by atoms with Crippen molar-refractivity contribution in [3.8, 4) is 11.5 Å². The Morgan fingerprint density at radius 1 is 1.12 bits per heavy atom. The Balaban J connectivity index is 1.74.